The van der Waals surface area contributed by atoms with Gasteiger partial charge in [0.25, 0.3) is 5.91 Å². The Labute approximate surface area is 147 Å². The quantitative estimate of drug-likeness (QED) is 0.717. The Hall–Kier alpha value is -1.23. The fourth-order valence-electron chi connectivity index (χ4n) is 2.07. The Morgan fingerprint density at radius 2 is 1.95 bits per heavy atom. The van der Waals surface area contributed by atoms with E-state index < -0.39 is 0 Å². The predicted octanol–water partition coefficient (Wildman–Crippen LogP) is 5.04. The number of hydrogen-bond donors (Lipinski definition) is 0. The molecule has 0 aliphatic carbocycles. The number of methoxy groups -OCH3 is 1. The summed E-state index contributed by atoms with van der Waals surface area (Å²) in [6.45, 7) is 0.393. The van der Waals surface area contributed by atoms with Crippen LogP contribution in [-0.4, -0.2) is 25.0 Å². The minimum Gasteiger partial charge on any atom is -0.496 e. The van der Waals surface area contributed by atoms with Gasteiger partial charge in [-0.3, -0.25) is 4.79 Å². The van der Waals surface area contributed by atoms with Gasteiger partial charge in [-0.25, -0.2) is 0 Å². The molecule has 22 heavy (non-hydrogen) atoms. The second kappa shape index (κ2) is 7.36. The number of hydrogen-bond acceptors (Lipinski definition) is 2. The second-order valence-electron chi connectivity index (χ2n) is 4.74. The number of carbonyl (C=O) groups excluding carboxylic acids is 1. The number of rotatable bonds is 4. The lowest BCUT2D eigenvalue weighted by Gasteiger charge is -2.20. The zero-order valence-corrected chi connectivity index (χ0v) is 15.2. The molecule has 3 nitrogen and oxygen atoms in total. The summed E-state index contributed by atoms with van der Waals surface area (Å²) in [6.07, 6.45) is 0. The zero-order chi connectivity index (χ0) is 16.3. The Bertz CT molecular complexity index is 707. The summed E-state index contributed by atoms with van der Waals surface area (Å²) < 4.78 is 6.24. The van der Waals surface area contributed by atoms with E-state index >= 15 is 0 Å². The first kappa shape index (κ1) is 17.1. The van der Waals surface area contributed by atoms with Crippen LogP contribution in [0.4, 0.5) is 0 Å². The molecule has 0 aliphatic rings. The summed E-state index contributed by atoms with van der Waals surface area (Å²) in [5.41, 5.74) is 1.27. The van der Waals surface area contributed by atoms with E-state index in [1.165, 1.54) is 0 Å². The molecule has 0 bridgehead atoms. The first-order valence-electron chi connectivity index (χ1n) is 6.45. The molecule has 2 rings (SSSR count). The average Bonchev–Trinajstić information content (AvgIpc) is 2.49. The first-order chi connectivity index (χ1) is 10.4. The molecular formula is C16H14BrCl2NO2. The molecule has 6 heteroatoms. The SMILES string of the molecule is COc1ccc(Br)cc1CN(C)C(=O)c1cc(Cl)ccc1Cl. The smallest absolute Gasteiger partial charge is 0.255 e. The monoisotopic (exact) mass is 401 g/mol. The third-order valence-electron chi connectivity index (χ3n) is 3.16. The number of amides is 1. The highest BCUT2D eigenvalue weighted by Crippen LogP contribution is 2.26. The molecule has 0 atom stereocenters. The minimum atomic E-state index is -0.200. The van der Waals surface area contributed by atoms with Gasteiger partial charge in [0.15, 0.2) is 0 Å². The average molecular weight is 403 g/mol. The summed E-state index contributed by atoms with van der Waals surface area (Å²) in [5, 5.41) is 0.851. The summed E-state index contributed by atoms with van der Waals surface area (Å²) in [5.74, 6) is 0.523. The Morgan fingerprint density at radius 3 is 2.64 bits per heavy atom. The van der Waals surface area contributed by atoms with Crippen LogP contribution in [0.15, 0.2) is 40.9 Å². The lowest BCUT2D eigenvalue weighted by molar-refractivity contribution is 0.0784. The van der Waals surface area contributed by atoms with E-state index in [4.69, 9.17) is 27.9 Å². The van der Waals surface area contributed by atoms with Crippen LogP contribution in [0.3, 0.4) is 0 Å². The van der Waals surface area contributed by atoms with E-state index in [9.17, 15) is 4.79 Å². The fourth-order valence-corrected chi connectivity index (χ4v) is 2.84. The van der Waals surface area contributed by atoms with Gasteiger partial charge in [-0.1, -0.05) is 39.1 Å². The highest BCUT2D eigenvalue weighted by atomic mass is 79.9. The van der Waals surface area contributed by atoms with Crippen molar-refractivity contribution >= 4 is 45.0 Å². The predicted molar refractivity (Wildman–Crippen MR) is 93.0 cm³/mol. The molecule has 0 N–H and O–H groups in total. The topological polar surface area (TPSA) is 29.5 Å². The molecule has 0 radical (unpaired) electrons. The molecule has 0 aliphatic heterocycles. The van der Waals surface area contributed by atoms with Gasteiger partial charge in [-0.05, 0) is 36.4 Å². The molecule has 0 heterocycles. The van der Waals surface area contributed by atoms with Crippen LogP contribution in [0, 0.1) is 0 Å². The zero-order valence-electron chi connectivity index (χ0n) is 12.1. The van der Waals surface area contributed by atoms with E-state index in [-0.39, 0.29) is 5.91 Å². The van der Waals surface area contributed by atoms with Crippen molar-refractivity contribution in [2.45, 2.75) is 6.54 Å². The maximum absolute atomic E-state index is 12.5. The van der Waals surface area contributed by atoms with E-state index in [2.05, 4.69) is 15.9 Å². The van der Waals surface area contributed by atoms with Crippen molar-refractivity contribution in [3.05, 3.63) is 62.0 Å². The molecule has 0 aromatic heterocycles. The van der Waals surface area contributed by atoms with Gasteiger partial charge in [0.05, 0.1) is 17.7 Å². The maximum Gasteiger partial charge on any atom is 0.255 e. The highest BCUT2D eigenvalue weighted by Gasteiger charge is 2.17. The third-order valence-corrected chi connectivity index (χ3v) is 4.21. The molecule has 2 aromatic rings. The third kappa shape index (κ3) is 3.94. The number of benzene rings is 2. The van der Waals surface area contributed by atoms with E-state index in [1.807, 2.05) is 18.2 Å². The van der Waals surface area contributed by atoms with Crippen molar-refractivity contribution in [1.29, 1.82) is 0 Å². The largest absolute Gasteiger partial charge is 0.496 e. The van der Waals surface area contributed by atoms with Crippen LogP contribution in [0.5, 0.6) is 5.75 Å². The van der Waals surface area contributed by atoms with E-state index in [0.29, 0.717) is 22.2 Å². The molecule has 0 fully saturated rings. The first-order valence-corrected chi connectivity index (χ1v) is 8.00. The Morgan fingerprint density at radius 1 is 1.23 bits per heavy atom. The van der Waals surface area contributed by atoms with Crippen molar-refractivity contribution in [2.75, 3.05) is 14.2 Å². The van der Waals surface area contributed by atoms with Crippen molar-refractivity contribution < 1.29 is 9.53 Å². The van der Waals surface area contributed by atoms with E-state index in [0.717, 1.165) is 15.8 Å². The van der Waals surface area contributed by atoms with Crippen LogP contribution in [0.2, 0.25) is 10.0 Å². The second-order valence-corrected chi connectivity index (χ2v) is 6.50. The van der Waals surface area contributed by atoms with Crippen LogP contribution in [0.25, 0.3) is 0 Å². The van der Waals surface area contributed by atoms with Crippen LogP contribution in [0.1, 0.15) is 15.9 Å². The summed E-state index contributed by atoms with van der Waals surface area (Å²) in [7, 11) is 3.31. The van der Waals surface area contributed by atoms with Crippen molar-refractivity contribution in [3.8, 4) is 5.75 Å². The van der Waals surface area contributed by atoms with Crippen LogP contribution < -0.4 is 4.74 Å². The summed E-state index contributed by atoms with van der Waals surface area (Å²) in [6, 6.07) is 10.5. The van der Waals surface area contributed by atoms with Crippen LogP contribution >= 0.6 is 39.1 Å². The Balaban J connectivity index is 2.25. The molecule has 1 amide bonds. The molecule has 0 saturated heterocycles. The van der Waals surface area contributed by atoms with Crippen molar-refractivity contribution in [1.82, 2.24) is 4.90 Å². The van der Waals surface area contributed by atoms with Gasteiger partial charge in [-0.2, -0.15) is 0 Å². The van der Waals surface area contributed by atoms with Gasteiger partial charge in [0.2, 0.25) is 0 Å². The Kier molecular flexibility index (Phi) is 5.73. The lowest BCUT2D eigenvalue weighted by Crippen LogP contribution is -2.26. The molecule has 0 spiro atoms. The van der Waals surface area contributed by atoms with Crippen molar-refractivity contribution in [2.24, 2.45) is 0 Å². The van der Waals surface area contributed by atoms with E-state index in [1.54, 1.807) is 37.3 Å². The standard InChI is InChI=1S/C16H14BrCl2NO2/c1-20(9-10-7-11(17)3-6-15(10)22-2)16(21)13-8-12(18)4-5-14(13)19/h3-8H,9H2,1-2H3. The number of halogens is 3. The number of nitrogens with zero attached hydrogens (tertiary/aromatic N) is 1. The van der Waals surface area contributed by atoms with Gasteiger partial charge in [0, 0.05) is 28.7 Å². The van der Waals surface area contributed by atoms with Crippen LogP contribution in [-0.2, 0) is 6.54 Å². The summed E-state index contributed by atoms with van der Waals surface area (Å²) >= 11 is 15.4. The fraction of sp³-hybridized carbons (Fsp3) is 0.188. The highest BCUT2D eigenvalue weighted by molar-refractivity contribution is 9.10. The van der Waals surface area contributed by atoms with Gasteiger partial charge in [-0.15, -0.1) is 0 Å². The minimum absolute atomic E-state index is 0.200. The maximum atomic E-state index is 12.5. The van der Waals surface area contributed by atoms with Gasteiger partial charge in [0.1, 0.15) is 5.75 Å². The molecule has 0 unspecified atom stereocenters. The molecule has 2 aromatic carbocycles. The lowest BCUT2D eigenvalue weighted by atomic mass is 10.1. The van der Waals surface area contributed by atoms with Gasteiger partial charge < -0.3 is 9.64 Å². The summed E-state index contributed by atoms with van der Waals surface area (Å²) in [4.78, 5) is 14.1. The normalized spacial score (nSPS) is 10.4. The molecule has 116 valence electrons. The number of ether oxygens (including phenoxy) is 1. The number of carbonyl (C=O) groups is 1. The van der Waals surface area contributed by atoms with Crippen molar-refractivity contribution in [3.63, 3.8) is 0 Å². The molecular weight excluding hydrogens is 389 g/mol. The molecule has 0 saturated carbocycles. The van der Waals surface area contributed by atoms with Gasteiger partial charge >= 0.3 is 0 Å².